The van der Waals surface area contributed by atoms with Gasteiger partial charge in [-0.1, -0.05) is 0 Å². The molecule has 1 amide bonds. The first-order valence-corrected chi connectivity index (χ1v) is 4.94. The van der Waals surface area contributed by atoms with Crippen molar-refractivity contribution < 1.29 is 14.3 Å². The van der Waals surface area contributed by atoms with Gasteiger partial charge in [0.1, 0.15) is 12.7 Å². The molecule has 0 aromatic heterocycles. The Hall–Kier alpha value is -0.810. The van der Waals surface area contributed by atoms with Gasteiger partial charge < -0.3 is 19.7 Å². The van der Waals surface area contributed by atoms with E-state index in [9.17, 15) is 4.79 Å². The molecule has 0 aromatic carbocycles. The van der Waals surface area contributed by atoms with E-state index in [4.69, 9.17) is 9.47 Å². The second-order valence-electron chi connectivity index (χ2n) is 3.29. The van der Waals surface area contributed by atoms with Gasteiger partial charge >= 0.3 is 6.09 Å². The first-order valence-electron chi connectivity index (χ1n) is 4.94. The third kappa shape index (κ3) is 3.51. The number of morpholine rings is 1. The maximum Gasteiger partial charge on any atom is 0.409 e. The zero-order chi connectivity index (χ0) is 10.4. The summed E-state index contributed by atoms with van der Waals surface area (Å²) in [6.07, 6.45) is -0.292. The van der Waals surface area contributed by atoms with Crippen LogP contribution in [-0.4, -0.2) is 57.0 Å². The fraction of sp³-hybridized carbons (Fsp3) is 0.889. The van der Waals surface area contributed by atoms with E-state index in [0.29, 0.717) is 19.8 Å². The number of nitrogens with one attached hydrogen (secondary N) is 1. The summed E-state index contributed by atoms with van der Waals surface area (Å²) >= 11 is 0. The lowest BCUT2D eigenvalue weighted by molar-refractivity contribution is -0.0171. The molecule has 1 unspecified atom stereocenters. The van der Waals surface area contributed by atoms with E-state index < -0.39 is 0 Å². The average Bonchev–Trinajstić information content (AvgIpc) is 2.26. The smallest absolute Gasteiger partial charge is 0.409 e. The largest absolute Gasteiger partial charge is 0.447 e. The number of hydrogen-bond acceptors (Lipinski definition) is 4. The lowest BCUT2D eigenvalue weighted by atomic mass is 10.3. The molecule has 0 aliphatic carbocycles. The maximum atomic E-state index is 11.2. The van der Waals surface area contributed by atoms with Crippen molar-refractivity contribution in [1.29, 1.82) is 0 Å². The van der Waals surface area contributed by atoms with Gasteiger partial charge in [-0.15, -0.1) is 0 Å². The lowest BCUT2D eigenvalue weighted by Gasteiger charge is -2.24. The summed E-state index contributed by atoms with van der Waals surface area (Å²) in [6, 6.07) is 0. The summed E-state index contributed by atoms with van der Waals surface area (Å²) < 4.78 is 10.4. The van der Waals surface area contributed by atoms with Gasteiger partial charge in [-0.3, -0.25) is 0 Å². The standard InChI is InChI=1S/C9H18N2O3/c1-3-11(2)9(12)14-7-8-6-10-4-5-13-8/h8,10H,3-7H2,1-2H3. The summed E-state index contributed by atoms with van der Waals surface area (Å²) in [6.45, 7) is 5.20. The molecule has 14 heavy (non-hydrogen) atoms. The number of carbonyl (C=O) groups excluding carboxylic acids is 1. The zero-order valence-electron chi connectivity index (χ0n) is 8.78. The monoisotopic (exact) mass is 202 g/mol. The Balaban J connectivity index is 2.15. The van der Waals surface area contributed by atoms with Crippen LogP contribution >= 0.6 is 0 Å². The molecular weight excluding hydrogens is 184 g/mol. The molecule has 0 bridgehead atoms. The Labute approximate surface area is 84.4 Å². The molecule has 1 fully saturated rings. The van der Waals surface area contributed by atoms with Crippen molar-refractivity contribution >= 4 is 6.09 Å². The van der Waals surface area contributed by atoms with Crippen LogP contribution in [0.5, 0.6) is 0 Å². The van der Waals surface area contributed by atoms with E-state index in [1.54, 1.807) is 7.05 Å². The second kappa shape index (κ2) is 5.82. The SMILES string of the molecule is CCN(C)C(=O)OCC1CNCCO1. The first kappa shape index (κ1) is 11.3. The molecule has 1 aliphatic rings. The summed E-state index contributed by atoms with van der Waals surface area (Å²) in [5.41, 5.74) is 0. The highest BCUT2D eigenvalue weighted by Crippen LogP contribution is 1.98. The average molecular weight is 202 g/mol. The second-order valence-corrected chi connectivity index (χ2v) is 3.29. The van der Waals surface area contributed by atoms with E-state index in [0.717, 1.165) is 13.1 Å². The zero-order valence-corrected chi connectivity index (χ0v) is 8.78. The van der Waals surface area contributed by atoms with Gasteiger partial charge in [0.05, 0.1) is 6.61 Å². The molecule has 1 atom stereocenters. The number of amides is 1. The van der Waals surface area contributed by atoms with E-state index in [1.165, 1.54) is 4.90 Å². The van der Waals surface area contributed by atoms with Gasteiger partial charge in [-0.2, -0.15) is 0 Å². The van der Waals surface area contributed by atoms with Crippen molar-refractivity contribution in [3.05, 3.63) is 0 Å². The van der Waals surface area contributed by atoms with E-state index >= 15 is 0 Å². The molecule has 0 radical (unpaired) electrons. The van der Waals surface area contributed by atoms with Gasteiger partial charge in [0.2, 0.25) is 0 Å². The van der Waals surface area contributed by atoms with Gasteiger partial charge in [-0.25, -0.2) is 4.79 Å². The minimum absolute atomic E-state index is 0.00189. The molecule has 0 aromatic rings. The molecule has 1 saturated heterocycles. The summed E-state index contributed by atoms with van der Waals surface area (Å²) in [4.78, 5) is 12.8. The van der Waals surface area contributed by atoms with Crippen LogP contribution in [0.2, 0.25) is 0 Å². The van der Waals surface area contributed by atoms with Crippen molar-refractivity contribution in [2.75, 3.05) is 39.9 Å². The van der Waals surface area contributed by atoms with E-state index in [2.05, 4.69) is 5.32 Å². The fourth-order valence-electron chi connectivity index (χ4n) is 1.13. The third-order valence-corrected chi connectivity index (χ3v) is 2.18. The van der Waals surface area contributed by atoms with Crippen LogP contribution in [0, 0.1) is 0 Å². The molecular formula is C9H18N2O3. The van der Waals surface area contributed by atoms with Crippen LogP contribution in [0.4, 0.5) is 4.79 Å². The highest BCUT2D eigenvalue weighted by Gasteiger charge is 2.16. The number of nitrogens with zero attached hydrogens (tertiary/aromatic N) is 1. The van der Waals surface area contributed by atoms with E-state index in [-0.39, 0.29) is 12.2 Å². The number of carbonyl (C=O) groups is 1. The van der Waals surface area contributed by atoms with Gasteiger partial charge in [0, 0.05) is 26.7 Å². The lowest BCUT2D eigenvalue weighted by Crippen LogP contribution is -2.42. The highest BCUT2D eigenvalue weighted by molar-refractivity contribution is 5.67. The number of rotatable bonds is 3. The van der Waals surface area contributed by atoms with Crippen molar-refractivity contribution in [2.45, 2.75) is 13.0 Å². The van der Waals surface area contributed by atoms with Crippen LogP contribution in [0.3, 0.4) is 0 Å². The van der Waals surface area contributed by atoms with Crippen LogP contribution in [0.25, 0.3) is 0 Å². The van der Waals surface area contributed by atoms with Crippen LogP contribution in [0.1, 0.15) is 6.92 Å². The molecule has 1 N–H and O–H groups in total. The molecule has 1 heterocycles. The number of hydrogen-bond donors (Lipinski definition) is 1. The Morgan fingerprint density at radius 1 is 1.71 bits per heavy atom. The minimum Gasteiger partial charge on any atom is -0.447 e. The molecule has 5 nitrogen and oxygen atoms in total. The molecule has 1 rings (SSSR count). The maximum absolute atomic E-state index is 11.2. The Morgan fingerprint density at radius 3 is 3.07 bits per heavy atom. The third-order valence-electron chi connectivity index (χ3n) is 2.18. The van der Waals surface area contributed by atoms with Crippen LogP contribution in [0.15, 0.2) is 0 Å². The van der Waals surface area contributed by atoms with Crippen LogP contribution < -0.4 is 5.32 Å². The normalized spacial score (nSPS) is 21.7. The van der Waals surface area contributed by atoms with Gasteiger partial charge in [-0.05, 0) is 6.92 Å². The Morgan fingerprint density at radius 2 is 2.50 bits per heavy atom. The number of ether oxygens (including phenoxy) is 2. The van der Waals surface area contributed by atoms with Crippen molar-refractivity contribution in [3.8, 4) is 0 Å². The molecule has 0 saturated carbocycles. The topological polar surface area (TPSA) is 50.8 Å². The van der Waals surface area contributed by atoms with E-state index in [1.807, 2.05) is 6.92 Å². The highest BCUT2D eigenvalue weighted by atomic mass is 16.6. The predicted molar refractivity (Wildman–Crippen MR) is 52.3 cm³/mol. The Kier molecular flexibility index (Phi) is 4.69. The van der Waals surface area contributed by atoms with Crippen molar-refractivity contribution in [2.24, 2.45) is 0 Å². The molecule has 82 valence electrons. The van der Waals surface area contributed by atoms with Crippen molar-refractivity contribution in [3.63, 3.8) is 0 Å². The fourth-order valence-corrected chi connectivity index (χ4v) is 1.13. The molecule has 1 aliphatic heterocycles. The minimum atomic E-state index is -0.290. The molecule has 5 heteroatoms. The quantitative estimate of drug-likeness (QED) is 0.703. The van der Waals surface area contributed by atoms with Crippen molar-refractivity contribution in [1.82, 2.24) is 10.2 Å². The Bertz CT molecular complexity index is 181. The summed E-state index contributed by atoms with van der Waals surface area (Å²) in [5.74, 6) is 0. The molecule has 0 spiro atoms. The van der Waals surface area contributed by atoms with Crippen LogP contribution in [-0.2, 0) is 9.47 Å². The van der Waals surface area contributed by atoms with Gasteiger partial charge in [0.15, 0.2) is 0 Å². The summed E-state index contributed by atoms with van der Waals surface area (Å²) in [7, 11) is 1.71. The summed E-state index contributed by atoms with van der Waals surface area (Å²) in [5, 5.41) is 3.17. The van der Waals surface area contributed by atoms with Gasteiger partial charge in [0.25, 0.3) is 0 Å². The predicted octanol–water partition coefficient (Wildman–Crippen LogP) is 0.0631. The first-order chi connectivity index (χ1) is 6.74.